The third-order valence-corrected chi connectivity index (χ3v) is 1.33. The highest BCUT2D eigenvalue weighted by Gasteiger charge is 2.09. The molecule has 1 amide bonds. The van der Waals surface area contributed by atoms with Gasteiger partial charge in [0.05, 0.1) is 12.5 Å². The summed E-state index contributed by atoms with van der Waals surface area (Å²) >= 11 is 0. The molecule has 0 spiro atoms. The van der Waals surface area contributed by atoms with Crippen LogP contribution in [-0.2, 0) is 4.79 Å². The highest BCUT2D eigenvalue weighted by Crippen LogP contribution is 1.93. The van der Waals surface area contributed by atoms with Crippen molar-refractivity contribution in [2.24, 2.45) is 11.7 Å². The lowest BCUT2D eigenvalue weighted by atomic mass is 10.2. The molecule has 0 bridgehead atoms. The van der Waals surface area contributed by atoms with E-state index in [1.807, 2.05) is 19.9 Å². The molecule has 0 radical (unpaired) electrons. The van der Waals surface area contributed by atoms with Crippen LogP contribution in [0.15, 0.2) is 0 Å². The summed E-state index contributed by atoms with van der Waals surface area (Å²) in [6, 6.07) is 1.54. The average molecular weight is 169 g/mol. The number of nitrogens with two attached hydrogens (primary N) is 1. The molecule has 12 heavy (non-hydrogen) atoms. The second-order valence-electron chi connectivity index (χ2n) is 3.15. The standard InChI is InChI=1S/C8H15N3O/c1-6(2)5-11-7(4-9)3-8(10)12/h6-7,11H,3,5H2,1-2H3,(H2,10,12). The molecule has 0 aromatic heterocycles. The van der Waals surface area contributed by atoms with Crippen molar-refractivity contribution in [1.29, 1.82) is 5.26 Å². The van der Waals surface area contributed by atoms with Crippen molar-refractivity contribution in [2.75, 3.05) is 6.54 Å². The number of carbonyl (C=O) groups excluding carboxylic acids is 1. The zero-order valence-electron chi connectivity index (χ0n) is 7.50. The fourth-order valence-electron chi connectivity index (χ4n) is 0.743. The number of nitrogens with zero attached hydrogens (tertiary/aromatic N) is 1. The lowest BCUT2D eigenvalue weighted by Gasteiger charge is -2.10. The van der Waals surface area contributed by atoms with Crippen LogP contribution in [0, 0.1) is 17.2 Å². The van der Waals surface area contributed by atoms with Crippen molar-refractivity contribution in [2.45, 2.75) is 26.3 Å². The van der Waals surface area contributed by atoms with Crippen LogP contribution < -0.4 is 11.1 Å². The molecule has 0 saturated carbocycles. The SMILES string of the molecule is CC(C)CNC(C#N)CC(N)=O. The first-order chi connectivity index (χ1) is 5.56. The molecule has 1 atom stereocenters. The molecule has 0 aliphatic rings. The summed E-state index contributed by atoms with van der Waals surface area (Å²) in [5.74, 6) is 0.0199. The van der Waals surface area contributed by atoms with E-state index in [1.54, 1.807) is 0 Å². The van der Waals surface area contributed by atoms with Crippen LogP contribution in [0.1, 0.15) is 20.3 Å². The Morgan fingerprint density at radius 2 is 2.25 bits per heavy atom. The van der Waals surface area contributed by atoms with Gasteiger partial charge in [0.15, 0.2) is 0 Å². The largest absolute Gasteiger partial charge is 0.370 e. The van der Waals surface area contributed by atoms with Gasteiger partial charge in [-0.3, -0.25) is 4.79 Å². The minimum atomic E-state index is -0.446. The van der Waals surface area contributed by atoms with Gasteiger partial charge in [0.1, 0.15) is 6.04 Å². The van der Waals surface area contributed by atoms with Gasteiger partial charge in [0, 0.05) is 0 Å². The van der Waals surface area contributed by atoms with Crippen LogP contribution in [0.5, 0.6) is 0 Å². The number of amides is 1. The molecule has 3 N–H and O–H groups in total. The summed E-state index contributed by atoms with van der Waals surface area (Å²) in [5, 5.41) is 11.5. The lowest BCUT2D eigenvalue weighted by Crippen LogP contribution is -2.34. The van der Waals surface area contributed by atoms with Gasteiger partial charge >= 0.3 is 0 Å². The maximum Gasteiger partial charge on any atom is 0.220 e. The molecule has 0 saturated heterocycles. The smallest absolute Gasteiger partial charge is 0.220 e. The Kier molecular flexibility index (Phi) is 5.06. The van der Waals surface area contributed by atoms with Crippen molar-refractivity contribution in [3.8, 4) is 6.07 Å². The summed E-state index contributed by atoms with van der Waals surface area (Å²) in [5.41, 5.74) is 4.95. The quantitative estimate of drug-likeness (QED) is 0.608. The van der Waals surface area contributed by atoms with E-state index < -0.39 is 11.9 Å². The van der Waals surface area contributed by atoms with Gasteiger partial charge in [-0.05, 0) is 12.5 Å². The summed E-state index contributed by atoms with van der Waals surface area (Å²) in [7, 11) is 0. The molecule has 1 unspecified atom stereocenters. The van der Waals surface area contributed by atoms with Crippen LogP contribution in [0.3, 0.4) is 0 Å². The minimum absolute atomic E-state index is 0.0865. The predicted octanol–water partition coefficient (Wildman–Crippen LogP) is -0.000420. The van der Waals surface area contributed by atoms with Gasteiger partial charge < -0.3 is 11.1 Å². The van der Waals surface area contributed by atoms with E-state index in [1.165, 1.54) is 0 Å². The molecule has 0 aromatic carbocycles. The maximum atomic E-state index is 10.4. The molecular weight excluding hydrogens is 154 g/mol. The number of rotatable bonds is 5. The number of hydrogen-bond acceptors (Lipinski definition) is 3. The third-order valence-electron chi connectivity index (χ3n) is 1.33. The highest BCUT2D eigenvalue weighted by molar-refractivity contribution is 5.74. The van der Waals surface area contributed by atoms with E-state index in [9.17, 15) is 4.79 Å². The minimum Gasteiger partial charge on any atom is -0.370 e. The van der Waals surface area contributed by atoms with Crippen molar-refractivity contribution in [1.82, 2.24) is 5.32 Å². The van der Waals surface area contributed by atoms with Crippen molar-refractivity contribution >= 4 is 5.91 Å². The van der Waals surface area contributed by atoms with Gasteiger partial charge in [-0.25, -0.2) is 0 Å². The Bertz CT molecular complexity index is 183. The van der Waals surface area contributed by atoms with Crippen molar-refractivity contribution in [3.63, 3.8) is 0 Å². The normalized spacial score (nSPS) is 12.5. The van der Waals surface area contributed by atoms with Gasteiger partial charge in [-0.2, -0.15) is 5.26 Å². The summed E-state index contributed by atoms with van der Waals surface area (Å²) in [6.45, 7) is 4.79. The van der Waals surface area contributed by atoms with Gasteiger partial charge in [0.2, 0.25) is 5.91 Å². The second-order valence-corrected chi connectivity index (χ2v) is 3.15. The second kappa shape index (κ2) is 5.56. The summed E-state index contributed by atoms with van der Waals surface area (Å²) in [4.78, 5) is 10.4. The van der Waals surface area contributed by atoms with Crippen molar-refractivity contribution in [3.05, 3.63) is 0 Å². The first kappa shape index (κ1) is 10.9. The zero-order valence-corrected chi connectivity index (χ0v) is 7.50. The van der Waals surface area contributed by atoms with E-state index >= 15 is 0 Å². The zero-order chi connectivity index (χ0) is 9.56. The fourth-order valence-corrected chi connectivity index (χ4v) is 0.743. The van der Waals surface area contributed by atoms with E-state index in [2.05, 4.69) is 5.32 Å². The molecule has 0 heterocycles. The first-order valence-corrected chi connectivity index (χ1v) is 3.97. The van der Waals surface area contributed by atoms with E-state index in [0.717, 1.165) is 6.54 Å². The van der Waals surface area contributed by atoms with Crippen LogP contribution in [0.25, 0.3) is 0 Å². The molecule has 0 aliphatic heterocycles. The number of primary amides is 1. The third kappa shape index (κ3) is 5.69. The molecule has 0 aromatic rings. The maximum absolute atomic E-state index is 10.4. The number of carbonyl (C=O) groups is 1. The number of hydrogen-bond donors (Lipinski definition) is 2. The Balaban J connectivity index is 3.70. The Hall–Kier alpha value is -1.08. The topological polar surface area (TPSA) is 78.9 Å². The number of nitriles is 1. The number of nitrogens with one attached hydrogen (secondary N) is 1. The lowest BCUT2D eigenvalue weighted by molar-refractivity contribution is -0.118. The molecule has 68 valence electrons. The first-order valence-electron chi connectivity index (χ1n) is 3.97. The van der Waals surface area contributed by atoms with Gasteiger partial charge in [-0.15, -0.1) is 0 Å². The molecule has 0 fully saturated rings. The molecule has 4 nitrogen and oxygen atoms in total. The predicted molar refractivity (Wildman–Crippen MR) is 46.1 cm³/mol. The molecule has 4 heteroatoms. The van der Waals surface area contributed by atoms with E-state index in [0.29, 0.717) is 5.92 Å². The molecule has 0 aliphatic carbocycles. The van der Waals surface area contributed by atoms with E-state index in [-0.39, 0.29) is 6.42 Å². The summed E-state index contributed by atoms with van der Waals surface area (Å²) in [6.07, 6.45) is 0.0865. The monoisotopic (exact) mass is 169 g/mol. The van der Waals surface area contributed by atoms with Crippen molar-refractivity contribution < 1.29 is 4.79 Å². The Morgan fingerprint density at radius 1 is 1.67 bits per heavy atom. The highest BCUT2D eigenvalue weighted by atomic mass is 16.1. The van der Waals surface area contributed by atoms with Crippen LogP contribution in [0.2, 0.25) is 0 Å². The van der Waals surface area contributed by atoms with Gasteiger partial charge in [-0.1, -0.05) is 13.8 Å². The fraction of sp³-hybridized carbons (Fsp3) is 0.750. The molecule has 0 rings (SSSR count). The van der Waals surface area contributed by atoms with Crippen LogP contribution in [-0.4, -0.2) is 18.5 Å². The average Bonchev–Trinajstić information content (AvgIpc) is 1.97. The van der Waals surface area contributed by atoms with Gasteiger partial charge in [0.25, 0.3) is 0 Å². The summed E-state index contributed by atoms with van der Waals surface area (Å²) < 4.78 is 0. The van der Waals surface area contributed by atoms with E-state index in [4.69, 9.17) is 11.0 Å². The molecular formula is C8H15N3O. The Labute approximate surface area is 72.7 Å². The van der Waals surface area contributed by atoms with Crippen LogP contribution in [0.4, 0.5) is 0 Å². The Morgan fingerprint density at radius 3 is 2.58 bits per heavy atom. The van der Waals surface area contributed by atoms with Crippen LogP contribution >= 0.6 is 0 Å².